The lowest BCUT2D eigenvalue weighted by molar-refractivity contribution is -0.143. The summed E-state index contributed by atoms with van der Waals surface area (Å²) in [5, 5.41) is 3.00. The number of carbonyl (C=O) groups excluding carboxylic acids is 2. The molecule has 32 heavy (non-hydrogen) atoms. The van der Waals surface area contributed by atoms with E-state index < -0.39 is 11.6 Å². The fourth-order valence-corrected chi connectivity index (χ4v) is 3.52. The largest absolute Gasteiger partial charge is 0.497 e. The first kappa shape index (κ1) is 25.2. The Morgan fingerprint density at radius 3 is 2.41 bits per heavy atom. The first-order valence-corrected chi connectivity index (χ1v) is 11.0. The van der Waals surface area contributed by atoms with Crippen molar-refractivity contribution in [3.05, 3.63) is 59.2 Å². The van der Waals surface area contributed by atoms with Crippen LogP contribution in [0.5, 0.6) is 11.5 Å². The van der Waals surface area contributed by atoms with E-state index in [0.29, 0.717) is 17.9 Å². The maximum absolute atomic E-state index is 13.3. The van der Waals surface area contributed by atoms with E-state index in [0.717, 1.165) is 16.7 Å². The first-order chi connectivity index (χ1) is 15.0. The molecule has 0 unspecified atom stereocenters. The van der Waals surface area contributed by atoms with Crippen molar-refractivity contribution in [1.29, 1.82) is 0 Å². The average Bonchev–Trinajstić information content (AvgIpc) is 2.71. The van der Waals surface area contributed by atoms with Crippen LogP contribution < -0.4 is 14.8 Å². The van der Waals surface area contributed by atoms with Gasteiger partial charge in [-0.25, -0.2) is 0 Å². The number of hydrogen-bond donors (Lipinski definition) is 1. The zero-order valence-electron chi connectivity index (χ0n) is 20.3. The Kier molecular flexibility index (Phi) is 8.70. The van der Waals surface area contributed by atoms with Crippen LogP contribution in [0.1, 0.15) is 50.8 Å². The molecule has 0 bridgehead atoms. The lowest BCUT2D eigenvalue weighted by Crippen LogP contribution is -2.54. The van der Waals surface area contributed by atoms with Gasteiger partial charge in [0.05, 0.1) is 7.11 Å². The second-order valence-corrected chi connectivity index (χ2v) is 9.09. The van der Waals surface area contributed by atoms with Crippen LogP contribution in [0.15, 0.2) is 42.5 Å². The maximum Gasteiger partial charge on any atom is 0.261 e. The Morgan fingerprint density at radius 2 is 1.81 bits per heavy atom. The lowest BCUT2D eigenvalue weighted by Gasteiger charge is -2.33. The van der Waals surface area contributed by atoms with Gasteiger partial charge in [0, 0.05) is 12.1 Å². The summed E-state index contributed by atoms with van der Waals surface area (Å²) in [6.07, 6.45) is 0.487. The molecule has 2 aromatic rings. The molecule has 0 radical (unpaired) electrons. The quantitative estimate of drug-likeness (QED) is 0.627. The first-order valence-electron chi connectivity index (χ1n) is 11.0. The summed E-state index contributed by atoms with van der Waals surface area (Å²) in [5.41, 5.74) is 2.58. The number of methoxy groups -OCH3 is 1. The van der Waals surface area contributed by atoms with E-state index in [9.17, 15) is 9.59 Å². The van der Waals surface area contributed by atoms with Crippen LogP contribution in [0.4, 0.5) is 0 Å². The monoisotopic (exact) mass is 440 g/mol. The molecular formula is C26H36N2O4. The summed E-state index contributed by atoms with van der Waals surface area (Å²) in [5.74, 6) is 0.942. The molecule has 1 atom stereocenters. The molecule has 2 amide bonds. The van der Waals surface area contributed by atoms with Gasteiger partial charge in [0.2, 0.25) is 5.91 Å². The molecular weight excluding hydrogens is 404 g/mol. The highest BCUT2D eigenvalue weighted by Crippen LogP contribution is 2.21. The van der Waals surface area contributed by atoms with Crippen LogP contribution in [0.3, 0.4) is 0 Å². The van der Waals surface area contributed by atoms with Crippen LogP contribution in [-0.4, -0.2) is 42.0 Å². The molecule has 2 rings (SSSR count). The molecule has 6 nitrogen and oxygen atoms in total. The number of aryl methyl sites for hydroxylation is 2. The highest BCUT2D eigenvalue weighted by Gasteiger charge is 2.31. The Balaban J connectivity index is 2.28. The topological polar surface area (TPSA) is 67.9 Å². The lowest BCUT2D eigenvalue weighted by atomic mass is 10.1. The normalized spacial score (nSPS) is 12.1. The van der Waals surface area contributed by atoms with Crippen molar-refractivity contribution < 1.29 is 19.1 Å². The third-order valence-corrected chi connectivity index (χ3v) is 5.05. The van der Waals surface area contributed by atoms with E-state index >= 15 is 0 Å². The number of benzene rings is 2. The Hall–Kier alpha value is -3.02. The average molecular weight is 441 g/mol. The SMILES string of the molecule is CC[C@H](C(=O)NC(C)(C)C)N(Cc1cccc(OC)c1)C(=O)COc1ccc(C)cc1C. The van der Waals surface area contributed by atoms with Crippen LogP contribution in [0, 0.1) is 13.8 Å². The molecule has 2 aromatic carbocycles. The van der Waals surface area contributed by atoms with Crippen molar-refractivity contribution in [1.82, 2.24) is 10.2 Å². The number of rotatable bonds is 9. The molecule has 0 aliphatic carbocycles. The smallest absolute Gasteiger partial charge is 0.261 e. The van der Waals surface area contributed by atoms with E-state index in [4.69, 9.17) is 9.47 Å². The maximum atomic E-state index is 13.3. The van der Waals surface area contributed by atoms with Gasteiger partial charge in [-0.2, -0.15) is 0 Å². The summed E-state index contributed by atoms with van der Waals surface area (Å²) in [4.78, 5) is 28.0. The molecule has 0 saturated heterocycles. The van der Waals surface area contributed by atoms with E-state index in [1.165, 1.54) is 0 Å². The predicted molar refractivity (Wildman–Crippen MR) is 127 cm³/mol. The molecule has 174 valence electrons. The van der Waals surface area contributed by atoms with Gasteiger partial charge in [0.1, 0.15) is 17.5 Å². The third-order valence-electron chi connectivity index (χ3n) is 5.05. The van der Waals surface area contributed by atoms with Gasteiger partial charge in [0.25, 0.3) is 5.91 Å². The van der Waals surface area contributed by atoms with Crippen molar-refractivity contribution in [2.75, 3.05) is 13.7 Å². The van der Waals surface area contributed by atoms with Crippen molar-refractivity contribution in [3.63, 3.8) is 0 Å². The highest BCUT2D eigenvalue weighted by molar-refractivity contribution is 5.88. The van der Waals surface area contributed by atoms with Crippen molar-refractivity contribution >= 4 is 11.8 Å². The molecule has 0 saturated carbocycles. The van der Waals surface area contributed by atoms with Crippen LogP contribution in [0.25, 0.3) is 0 Å². The van der Waals surface area contributed by atoms with E-state index in [1.54, 1.807) is 12.0 Å². The van der Waals surface area contributed by atoms with Crippen LogP contribution in [-0.2, 0) is 16.1 Å². The zero-order chi connectivity index (χ0) is 23.9. The number of hydrogen-bond acceptors (Lipinski definition) is 4. The summed E-state index contributed by atoms with van der Waals surface area (Å²) in [6, 6.07) is 12.7. The fourth-order valence-electron chi connectivity index (χ4n) is 3.52. The summed E-state index contributed by atoms with van der Waals surface area (Å²) in [7, 11) is 1.60. The molecule has 0 heterocycles. The standard InChI is InChI=1S/C26H36N2O4/c1-8-22(25(30)27-26(4,5)6)28(16-20-10-9-11-21(15-20)31-7)24(29)17-32-23-13-12-18(2)14-19(23)3/h9-15,22H,8,16-17H2,1-7H3,(H,27,30)/t22-/m1/s1. The number of ether oxygens (including phenoxy) is 2. The Bertz CT molecular complexity index is 934. The molecule has 0 spiro atoms. The number of nitrogens with one attached hydrogen (secondary N) is 1. The fraction of sp³-hybridized carbons (Fsp3) is 0.462. The van der Waals surface area contributed by atoms with Crippen molar-refractivity contribution in [2.45, 2.75) is 66.1 Å². The minimum Gasteiger partial charge on any atom is -0.497 e. The predicted octanol–water partition coefficient (Wildman–Crippen LogP) is 4.41. The van der Waals surface area contributed by atoms with Crippen LogP contribution >= 0.6 is 0 Å². The molecule has 0 aromatic heterocycles. The van der Waals surface area contributed by atoms with Gasteiger partial charge in [-0.3, -0.25) is 9.59 Å². The van der Waals surface area contributed by atoms with E-state index in [2.05, 4.69) is 5.32 Å². The van der Waals surface area contributed by atoms with Gasteiger partial charge >= 0.3 is 0 Å². The van der Waals surface area contributed by atoms with Crippen molar-refractivity contribution in [3.8, 4) is 11.5 Å². The minimum absolute atomic E-state index is 0.146. The zero-order valence-corrected chi connectivity index (χ0v) is 20.3. The molecule has 0 aliphatic heterocycles. The number of nitrogens with zero attached hydrogens (tertiary/aromatic N) is 1. The summed E-state index contributed by atoms with van der Waals surface area (Å²) in [6.45, 7) is 11.8. The van der Waals surface area contributed by atoms with Crippen molar-refractivity contribution in [2.24, 2.45) is 0 Å². The van der Waals surface area contributed by atoms with Gasteiger partial charge < -0.3 is 19.7 Å². The second kappa shape index (κ2) is 11.0. The summed E-state index contributed by atoms with van der Waals surface area (Å²) < 4.78 is 11.2. The Morgan fingerprint density at radius 1 is 1.09 bits per heavy atom. The van der Waals surface area contributed by atoms with E-state index in [1.807, 2.05) is 84.0 Å². The molecule has 0 aliphatic rings. The van der Waals surface area contributed by atoms with Gasteiger partial charge in [-0.1, -0.05) is 36.8 Å². The minimum atomic E-state index is -0.615. The van der Waals surface area contributed by atoms with E-state index in [-0.39, 0.29) is 25.0 Å². The number of carbonyl (C=O) groups is 2. The van der Waals surface area contributed by atoms with Gasteiger partial charge in [-0.15, -0.1) is 0 Å². The molecule has 0 fully saturated rings. The third kappa shape index (κ3) is 7.29. The summed E-state index contributed by atoms with van der Waals surface area (Å²) >= 11 is 0. The van der Waals surface area contributed by atoms with Crippen LogP contribution in [0.2, 0.25) is 0 Å². The highest BCUT2D eigenvalue weighted by atomic mass is 16.5. The molecule has 1 N–H and O–H groups in total. The Labute approximate surface area is 191 Å². The second-order valence-electron chi connectivity index (χ2n) is 9.09. The molecule has 6 heteroatoms. The number of amides is 2. The van der Waals surface area contributed by atoms with Gasteiger partial charge in [-0.05, 0) is 70.4 Å². The van der Waals surface area contributed by atoms with Gasteiger partial charge in [0.15, 0.2) is 6.61 Å².